The van der Waals surface area contributed by atoms with Crippen molar-refractivity contribution in [2.75, 3.05) is 18.8 Å². The van der Waals surface area contributed by atoms with E-state index in [1.807, 2.05) is 0 Å². The van der Waals surface area contributed by atoms with Gasteiger partial charge in [0.25, 0.3) is 0 Å². The normalized spacial score (nSPS) is 27.4. The van der Waals surface area contributed by atoms with Crippen LogP contribution in [0.15, 0.2) is 27.6 Å². The highest BCUT2D eigenvalue weighted by atomic mass is 127. The number of esters is 1. The molecule has 0 spiro atoms. The number of hydrogen-bond donors (Lipinski definition) is 0. The van der Waals surface area contributed by atoms with Gasteiger partial charge in [-0.1, -0.05) is 0 Å². The number of carbonyl (C=O) groups excluding carboxylic acids is 1. The van der Waals surface area contributed by atoms with Crippen LogP contribution in [-0.2, 0) is 25.0 Å². The number of rotatable bonds is 3. The molecule has 0 saturated heterocycles. The standard InChI is InChI=1S/C20H27FIN3O3S/c1-19(2,3)28-18(26)12-17-24-20(4,15-11-14(22)7-8-16(15)21)13-29(27)23-9-5-6-10-25(17)29/h7-8,11H,5-6,9-10,12-13H2,1-4H3/t20-,29-/m0/s1. The molecule has 0 N–H and O–H groups in total. The molecule has 2 aliphatic heterocycles. The summed E-state index contributed by atoms with van der Waals surface area (Å²) in [5.41, 5.74) is -1.35. The zero-order chi connectivity index (χ0) is 21.4. The van der Waals surface area contributed by atoms with Crippen molar-refractivity contribution in [2.45, 2.75) is 58.1 Å². The van der Waals surface area contributed by atoms with E-state index in [9.17, 15) is 13.4 Å². The Morgan fingerprint density at radius 2 is 2.10 bits per heavy atom. The maximum atomic E-state index is 14.7. The molecule has 3 rings (SSSR count). The van der Waals surface area contributed by atoms with Crippen LogP contribution in [0.2, 0.25) is 0 Å². The minimum Gasteiger partial charge on any atom is -0.460 e. The van der Waals surface area contributed by atoms with Crippen molar-refractivity contribution in [2.24, 2.45) is 9.36 Å². The van der Waals surface area contributed by atoms with E-state index < -0.39 is 32.8 Å². The van der Waals surface area contributed by atoms with Gasteiger partial charge in [-0.3, -0.25) is 14.1 Å². The zero-order valence-electron chi connectivity index (χ0n) is 17.2. The van der Waals surface area contributed by atoms with Crippen molar-refractivity contribution >= 4 is 44.3 Å². The number of nitrogens with zero attached hydrogens (tertiary/aromatic N) is 3. The van der Waals surface area contributed by atoms with Gasteiger partial charge >= 0.3 is 5.97 Å². The SMILES string of the molecule is CC(C)(C)OC(=O)CC1=N[C@](C)(c2cc(I)ccc2F)C[S@]2(=O)=NCCCCN12. The second kappa shape index (κ2) is 8.13. The largest absolute Gasteiger partial charge is 0.460 e. The summed E-state index contributed by atoms with van der Waals surface area (Å²) in [6, 6.07) is 4.80. The average molecular weight is 535 g/mol. The lowest BCUT2D eigenvalue weighted by Crippen LogP contribution is -2.50. The molecule has 6 nitrogen and oxygen atoms in total. The number of ether oxygens (including phenoxy) is 1. The molecule has 1 aromatic carbocycles. The van der Waals surface area contributed by atoms with Crippen molar-refractivity contribution < 1.29 is 18.1 Å². The number of fused-ring (bicyclic) bond motifs is 1. The molecule has 9 heteroatoms. The summed E-state index contributed by atoms with van der Waals surface area (Å²) in [6.45, 7) is 8.14. The van der Waals surface area contributed by atoms with Crippen LogP contribution in [0.4, 0.5) is 4.39 Å². The Morgan fingerprint density at radius 3 is 2.79 bits per heavy atom. The van der Waals surface area contributed by atoms with E-state index in [1.165, 1.54) is 6.07 Å². The van der Waals surface area contributed by atoms with Gasteiger partial charge in [0.15, 0.2) is 0 Å². The molecule has 0 bridgehead atoms. The van der Waals surface area contributed by atoms with Crippen molar-refractivity contribution in [1.82, 2.24) is 4.31 Å². The number of halogens is 2. The van der Waals surface area contributed by atoms with Gasteiger partial charge in [0.2, 0.25) is 0 Å². The fourth-order valence-electron chi connectivity index (χ4n) is 3.63. The van der Waals surface area contributed by atoms with Gasteiger partial charge in [0.1, 0.15) is 39.1 Å². The van der Waals surface area contributed by atoms with Crippen LogP contribution in [0.5, 0.6) is 0 Å². The zero-order valence-corrected chi connectivity index (χ0v) is 20.2. The first-order chi connectivity index (χ1) is 13.4. The first-order valence-corrected chi connectivity index (χ1v) is 12.4. The van der Waals surface area contributed by atoms with Crippen molar-refractivity contribution in [3.8, 4) is 0 Å². The summed E-state index contributed by atoms with van der Waals surface area (Å²) in [5.74, 6) is -0.399. The van der Waals surface area contributed by atoms with E-state index in [1.54, 1.807) is 44.1 Å². The first kappa shape index (κ1) is 22.5. The lowest BCUT2D eigenvalue weighted by atomic mass is 9.94. The van der Waals surface area contributed by atoms with E-state index >= 15 is 0 Å². The quantitative estimate of drug-likeness (QED) is 0.429. The molecule has 1 aromatic rings. The monoisotopic (exact) mass is 535 g/mol. The van der Waals surface area contributed by atoms with E-state index in [2.05, 4.69) is 27.0 Å². The molecule has 0 amide bonds. The second-order valence-corrected chi connectivity index (χ2v) is 12.0. The third kappa shape index (κ3) is 5.10. The first-order valence-electron chi connectivity index (χ1n) is 9.66. The van der Waals surface area contributed by atoms with Gasteiger partial charge in [-0.15, -0.1) is 0 Å². The Bertz CT molecular complexity index is 966. The van der Waals surface area contributed by atoms with Crippen molar-refractivity contribution in [3.63, 3.8) is 0 Å². The highest BCUT2D eigenvalue weighted by molar-refractivity contribution is 14.1. The van der Waals surface area contributed by atoms with Crippen LogP contribution in [0, 0.1) is 9.39 Å². The molecular formula is C20H27FIN3O3S. The van der Waals surface area contributed by atoms with E-state index in [0.29, 0.717) is 24.5 Å². The van der Waals surface area contributed by atoms with Crippen LogP contribution in [0.1, 0.15) is 52.5 Å². The Balaban J connectivity index is 2.10. The third-order valence-electron chi connectivity index (χ3n) is 4.77. The molecule has 160 valence electrons. The van der Waals surface area contributed by atoms with Gasteiger partial charge in [0, 0.05) is 15.7 Å². The molecule has 0 aliphatic carbocycles. The van der Waals surface area contributed by atoms with Crippen LogP contribution in [-0.4, -0.2) is 44.8 Å². The van der Waals surface area contributed by atoms with Gasteiger partial charge in [-0.2, -0.15) is 0 Å². The summed E-state index contributed by atoms with van der Waals surface area (Å²) >= 11 is 2.12. The molecule has 0 unspecified atom stereocenters. The summed E-state index contributed by atoms with van der Waals surface area (Å²) in [6.07, 6.45) is 1.51. The van der Waals surface area contributed by atoms with Crippen LogP contribution >= 0.6 is 22.6 Å². The minimum absolute atomic E-state index is 0.0921. The fourth-order valence-corrected chi connectivity index (χ4v) is 6.72. The van der Waals surface area contributed by atoms with Gasteiger partial charge in [-0.05, 0) is 81.3 Å². The summed E-state index contributed by atoms with van der Waals surface area (Å²) in [7, 11) is -2.84. The molecule has 29 heavy (non-hydrogen) atoms. The minimum atomic E-state index is -2.84. The van der Waals surface area contributed by atoms with Crippen molar-refractivity contribution in [3.05, 3.63) is 33.1 Å². The Morgan fingerprint density at radius 1 is 1.38 bits per heavy atom. The molecule has 0 fully saturated rings. The van der Waals surface area contributed by atoms with Gasteiger partial charge in [-0.25, -0.2) is 13.0 Å². The molecule has 0 aromatic heterocycles. The van der Waals surface area contributed by atoms with Gasteiger partial charge < -0.3 is 4.74 Å². The maximum Gasteiger partial charge on any atom is 0.313 e. The Kier molecular flexibility index (Phi) is 6.29. The topological polar surface area (TPSA) is 71.3 Å². The summed E-state index contributed by atoms with van der Waals surface area (Å²) < 4.78 is 41.1. The number of carbonyl (C=O) groups is 1. The molecule has 2 atom stereocenters. The average Bonchev–Trinajstić information content (AvgIpc) is 2.76. The predicted molar refractivity (Wildman–Crippen MR) is 121 cm³/mol. The summed E-state index contributed by atoms with van der Waals surface area (Å²) in [4.78, 5) is 17.3. The third-order valence-corrected chi connectivity index (χ3v) is 8.05. The summed E-state index contributed by atoms with van der Waals surface area (Å²) in [5, 5.41) is 0. The van der Waals surface area contributed by atoms with Crippen molar-refractivity contribution in [1.29, 1.82) is 0 Å². The smallest absolute Gasteiger partial charge is 0.313 e. The van der Waals surface area contributed by atoms with Crippen LogP contribution < -0.4 is 0 Å². The maximum absolute atomic E-state index is 14.7. The molecular weight excluding hydrogens is 508 g/mol. The van der Waals surface area contributed by atoms with E-state index in [-0.39, 0.29) is 12.2 Å². The van der Waals surface area contributed by atoms with Crippen LogP contribution in [0.3, 0.4) is 0 Å². The lowest BCUT2D eigenvalue weighted by Gasteiger charge is -2.40. The van der Waals surface area contributed by atoms with E-state index in [4.69, 9.17) is 9.73 Å². The van der Waals surface area contributed by atoms with Crippen LogP contribution in [0.25, 0.3) is 0 Å². The molecule has 2 heterocycles. The second-order valence-electron chi connectivity index (χ2n) is 8.60. The fraction of sp³-hybridized carbons (Fsp3) is 0.600. The highest BCUT2D eigenvalue weighted by Gasteiger charge is 2.43. The Hall–Kier alpha value is -1.23. The number of hydrogen-bond acceptors (Lipinski definition) is 5. The highest BCUT2D eigenvalue weighted by Crippen LogP contribution is 2.37. The number of aliphatic imine (C=N–C) groups is 1. The Labute approximate surface area is 185 Å². The van der Waals surface area contributed by atoms with E-state index in [0.717, 1.165) is 16.4 Å². The number of benzene rings is 1. The van der Waals surface area contributed by atoms with Gasteiger partial charge in [0.05, 0.1) is 12.3 Å². The lowest BCUT2D eigenvalue weighted by molar-refractivity contribution is -0.153. The number of amidine groups is 1. The predicted octanol–water partition coefficient (Wildman–Crippen LogP) is 4.27. The molecule has 2 aliphatic rings. The molecule has 0 saturated carbocycles. The molecule has 0 radical (unpaired) electrons.